The number of amides is 1. The standard InChI is InChI=1S/C38H43Cl2N5O3S/c1-25-41-32-9-5-6-10-33(32)45(25)30-23-28-13-14-29(24-30)44(28)22-19-38(26-7-3-2-4-8-26)17-20-43(21-18-38)37(46)35-31(39)15-16-34(36(35)40)49(47,48)42-27-11-12-27/h2-10,15-16,27-30,42H,11-14,17-24H2,1H3/t28-,29+,30+. The fourth-order valence-corrected chi connectivity index (χ4v) is 11.2. The summed E-state index contributed by atoms with van der Waals surface area (Å²) >= 11 is 13.2. The smallest absolute Gasteiger partial charge is 0.256 e. The number of carbonyl (C=O) groups excluding carboxylic acids is 1. The number of aromatic nitrogens is 2. The van der Waals surface area contributed by atoms with Gasteiger partial charge in [0.05, 0.1) is 26.6 Å². The second-order valence-corrected chi connectivity index (χ2v) is 17.1. The quantitative estimate of drug-likeness (QED) is 0.193. The highest BCUT2D eigenvalue weighted by Gasteiger charge is 2.44. The summed E-state index contributed by atoms with van der Waals surface area (Å²) in [5.41, 5.74) is 3.64. The number of benzene rings is 3. The molecule has 4 fully saturated rings. The van der Waals surface area contributed by atoms with Crippen LogP contribution >= 0.6 is 23.2 Å². The predicted octanol–water partition coefficient (Wildman–Crippen LogP) is 7.52. The molecule has 0 unspecified atom stereocenters. The summed E-state index contributed by atoms with van der Waals surface area (Å²) in [6, 6.07) is 23.6. The van der Waals surface area contributed by atoms with E-state index in [1.807, 2.05) is 0 Å². The highest BCUT2D eigenvalue weighted by molar-refractivity contribution is 7.89. The van der Waals surface area contributed by atoms with Gasteiger partial charge in [-0.3, -0.25) is 9.69 Å². The summed E-state index contributed by atoms with van der Waals surface area (Å²) in [5.74, 6) is 0.789. The maximum absolute atomic E-state index is 14.0. The molecule has 1 aromatic heterocycles. The maximum atomic E-state index is 14.0. The van der Waals surface area contributed by atoms with E-state index in [9.17, 15) is 13.2 Å². The number of rotatable bonds is 9. The molecular formula is C38H43Cl2N5O3S. The largest absolute Gasteiger partial charge is 0.338 e. The minimum absolute atomic E-state index is 0.0644. The number of carbonyl (C=O) groups is 1. The zero-order chi connectivity index (χ0) is 33.9. The van der Waals surface area contributed by atoms with Crippen molar-refractivity contribution in [2.75, 3.05) is 19.6 Å². The van der Waals surface area contributed by atoms with Crippen molar-refractivity contribution < 1.29 is 13.2 Å². The molecule has 258 valence electrons. The van der Waals surface area contributed by atoms with Gasteiger partial charge in [-0.25, -0.2) is 18.1 Å². The number of piperidine rings is 2. The van der Waals surface area contributed by atoms with Crippen molar-refractivity contribution in [2.45, 2.75) is 99.2 Å². The minimum atomic E-state index is -3.86. The van der Waals surface area contributed by atoms with Crippen LogP contribution < -0.4 is 4.72 Å². The number of halogens is 2. The second kappa shape index (κ2) is 13.0. The number of nitrogens with zero attached hydrogens (tertiary/aromatic N) is 4. The Kier molecular flexibility index (Phi) is 8.80. The van der Waals surface area contributed by atoms with Crippen LogP contribution in [0.15, 0.2) is 71.6 Å². The van der Waals surface area contributed by atoms with Gasteiger partial charge in [0.25, 0.3) is 5.91 Å². The van der Waals surface area contributed by atoms with Crippen molar-refractivity contribution in [3.8, 4) is 0 Å². The number of hydrogen-bond acceptors (Lipinski definition) is 5. The highest BCUT2D eigenvalue weighted by atomic mass is 35.5. The van der Waals surface area contributed by atoms with Gasteiger partial charge in [-0.2, -0.15) is 0 Å². The fourth-order valence-electron chi connectivity index (χ4n) is 8.98. The van der Waals surface area contributed by atoms with Crippen molar-refractivity contribution in [1.29, 1.82) is 0 Å². The minimum Gasteiger partial charge on any atom is -0.338 e. The van der Waals surface area contributed by atoms with Crippen LogP contribution in [0, 0.1) is 6.92 Å². The van der Waals surface area contributed by atoms with E-state index < -0.39 is 10.0 Å². The summed E-state index contributed by atoms with van der Waals surface area (Å²) < 4.78 is 31.2. The van der Waals surface area contributed by atoms with Gasteiger partial charge >= 0.3 is 0 Å². The van der Waals surface area contributed by atoms with Gasteiger partial charge in [-0.1, -0.05) is 65.7 Å². The average Bonchev–Trinajstić information content (AvgIpc) is 3.78. The molecule has 1 saturated carbocycles. The highest BCUT2D eigenvalue weighted by Crippen LogP contribution is 2.45. The number of imidazole rings is 1. The number of fused-ring (bicyclic) bond motifs is 3. The Morgan fingerprint density at radius 2 is 1.57 bits per heavy atom. The molecule has 11 heteroatoms. The van der Waals surface area contributed by atoms with E-state index in [-0.39, 0.29) is 37.9 Å². The first-order chi connectivity index (χ1) is 23.6. The average molecular weight is 721 g/mol. The van der Waals surface area contributed by atoms with Gasteiger partial charge in [0.1, 0.15) is 10.7 Å². The lowest BCUT2D eigenvalue weighted by Gasteiger charge is -2.45. The molecule has 3 aliphatic heterocycles. The van der Waals surface area contributed by atoms with Crippen LogP contribution in [0.25, 0.3) is 11.0 Å². The lowest BCUT2D eigenvalue weighted by Crippen LogP contribution is -2.49. The van der Waals surface area contributed by atoms with Crippen LogP contribution in [-0.2, 0) is 15.4 Å². The van der Waals surface area contributed by atoms with Gasteiger partial charge in [0, 0.05) is 37.3 Å². The topological polar surface area (TPSA) is 87.5 Å². The van der Waals surface area contributed by atoms with Gasteiger partial charge in [-0.15, -0.1) is 0 Å². The molecule has 49 heavy (non-hydrogen) atoms. The molecule has 4 aliphatic rings. The Balaban J connectivity index is 0.984. The van der Waals surface area contributed by atoms with Crippen LogP contribution in [0.2, 0.25) is 10.0 Å². The Labute approximate surface area is 298 Å². The summed E-state index contributed by atoms with van der Waals surface area (Å²) in [4.78, 5) is 23.3. The number of hydrogen-bond donors (Lipinski definition) is 1. The lowest BCUT2D eigenvalue weighted by molar-refractivity contribution is 0.0607. The number of sulfonamides is 1. The summed E-state index contributed by atoms with van der Waals surface area (Å²) in [7, 11) is -3.86. The van der Waals surface area contributed by atoms with Gasteiger partial charge in [-0.05, 0) is 106 Å². The Morgan fingerprint density at radius 3 is 2.27 bits per heavy atom. The maximum Gasteiger partial charge on any atom is 0.256 e. The predicted molar refractivity (Wildman–Crippen MR) is 194 cm³/mol. The van der Waals surface area contributed by atoms with E-state index in [4.69, 9.17) is 28.2 Å². The number of para-hydroxylation sites is 2. The molecule has 1 aliphatic carbocycles. The summed E-state index contributed by atoms with van der Waals surface area (Å²) in [6.45, 7) is 4.25. The van der Waals surface area contributed by atoms with Crippen LogP contribution in [-0.4, -0.2) is 71.4 Å². The molecule has 0 spiro atoms. The van der Waals surface area contributed by atoms with Gasteiger partial charge < -0.3 is 9.47 Å². The van der Waals surface area contributed by atoms with Crippen molar-refractivity contribution in [1.82, 2.24) is 24.1 Å². The molecule has 3 aromatic carbocycles. The Morgan fingerprint density at radius 1 is 0.898 bits per heavy atom. The third-order valence-electron chi connectivity index (χ3n) is 11.7. The van der Waals surface area contributed by atoms with Crippen LogP contribution in [0.3, 0.4) is 0 Å². The molecule has 8 rings (SSSR count). The zero-order valence-corrected chi connectivity index (χ0v) is 30.2. The zero-order valence-electron chi connectivity index (χ0n) is 27.8. The first-order valence-electron chi connectivity index (χ1n) is 17.7. The van der Waals surface area contributed by atoms with Crippen molar-refractivity contribution in [2.24, 2.45) is 0 Å². The molecule has 2 bridgehead atoms. The monoisotopic (exact) mass is 719 g/mol. The summed E-state index contributed by atoms with van der Waals surface area (Å²) in [6.07, 6.45) is 9.00. The molecule has 3 saturated heterocycles. The molecular weight excluding hydrogens is 677 g/mol. The van der Waals surface area contributed by atoms with Crippen LogP contribution in [0.5, 0.6) is 0 Å². The van der Waals surface area contributed by atoms with Crippen molar-refractivity contribution in [3.63, 3.8) is 0 Å². The van der Waals surface area contributed by atoms with Crippen LogP contribution in [0.4, 0.5) is 0 Å². The SMILES string of the molecule is Cc1nc2ccccc2n1[C@H]1C[C@H]2CC[C@@H](C1)N2CCC1(c2ccccc2)CCN(C(=O)c2c(Cl)ccc(S(=O)(=O)NC3CC3)c2Cl)CC1. The van der Waals surface area contributed by atoms with Crippen molar-refractivity contribution in [3.05, 3.63) is 93.7 Å². The van der Waals surface area contributed by atoms with E-state index in [2.05, 4.69) is 75.7 Å². The van der Waals surface area contributed by atoms with Gasteiger partial charge in [0.15, 0.2) is 0 Å². The third-order valence-corrected chi connectivity index (χ3v) is 14.1. The molecule has 1 amide bonds. The first kappa shape index (κ1) is 33.2. The Bertz CT molecular complexity index is 1970. The molecule has 8 nitrogen and oxygen atoms in total. The first-order valence-corrected chi connectivity index (χ1v) is 19.9. The van der Waals surface area contributed by atoms with E-state index in [1.165, 1.54) is 36.1 Å². The molecule has 1 N–H and O–H groups in total. The normalized spacial score (nSPS) is 24.1. The number of likely N-dealkylation sites (tertiary alicyclic amines) is 1. The van der Waals surface area contributed by atoms with Crippen molar-refractivity contribution >= 4 is 50.2 Å². The summed E-state index contributed by atoms with van der Waals surface area (Å²) in [5, 5.41) is 0.0568. The van der Waals surface area contributed by atoms with E-state index >= 15 is 0 Å². The third kappa shape index (κ3) is 6.20. The molecule has 0 radical (unpaired) electrons. The Hall–Kier alpha value is -2.95. The van der Waals surface area contributed by atoms with E-state index in [1.54, 1.807) is 4.90 Å². The fraction of sp³-hybridized carbons (Fsp3) is 0.474. The number of nitrogens with one attached hydrogen (secondary N) is 1. The molecule has 4 heterocycles. The lowest BCUT2D eigenvalue weighted by atomic mass is 9.70. The second-order valence-electron chi connectivity index (χ2n) is 14.6. The molecule has 3 atom stereocenters. The molecule has 4 aromatic rings. The van der Waals surface area contributed by atoms with Gasteiger partial charge in [0.2, 0.25) is 10.0 Å². The van der Waals surface area contributed by atoms with E-state index in [0.717, 1.165) is 62.8 Å². The van der Waals surface area contributed by atoms with Crippen LogP contribution in [0.1, 0.15) is 85.6 Å². The number of aryl methyl sites for hydroxylation is 1. The van der Waals surface area contributed by atoms with E-state index in [0.29, 0.717) is 31.2 Å².